The van der Waals surface area contributed by atoms with Crippen LogP contribution in [0.15, 0.2) is 0 Å². The first-order valence-corrected chi connectivity index (χ1v) is 6.27. The number of carbonyl (C=O) groups excluding carboxylic acids is 1. The molecule has 0 saturated carbocycles. The SMILES string of the molecule is C#CCN(CC(=O)O)C(=O)N1CCCCCC1C. The van der Waals surface area contributed by atoms with Gasteiger partial charge in [-0.25, -0.2) is 4.79 Å². The third-order valence-electron chi connectivity index (χ3n) is 3.18. The Morgan fingerprint density at radius 3 is 2.78 bits per heavy atom. The number of carboxylic acids is 1. The van der Waals surface area contributed by atoms with Gasteiger partial charge in [-0.15, -0.1) is 6.42 Å². The van der Waals surface area contributed by atoms with E-state index < -0.39 is 5.97 Å². The van der Waals surface area contributed by atoms with Crippen molar-refractivity contribution in [2.24, 2.45) is 0 Å². The van der Waals surface area contributed by atoms with Crippen LogP contribution in [-0.2, 0) is 4.79 Å². The van der Waals surface area contributed by atoms with Gasteiger partial charge in [-0.05, 0) is 19.8 Å². The average molecular weight is 252 g/mol. The number of nitrogens with zero attached hydrogens (tertiary/aromatic N) is 2. The zero-order chi connectivity index (χ0) is 13.5. The van der Waals surface area contributed by atoms with Crippen molar-refractivity contribution in [1.82, 2.24) is 9.80 Å². The first kappa shape index (κ1) is 14.4. The lowest BCUT2D eigenvalue weighted by atomic mass is 10.1. The molecule has 0 aliphatic carbocycles. The van der Waals surface area contributed by atoms with E-state index in [0.29, 0.717) is 6.54 Å². The van der Waals surface area contributed by atoms with Gasteiger partial charge in [0.2, 0.25) is 0 Å². The van der Waals surface area contributed by atoms with Gasteiger partial charge in [0, 0.05) is 12.6 Å². The van der Waals surface area contributed by atoms with Gasteiger partial charge in [0.15, 0.2) is 0 Å². The molecule has 0 aromatic carbocycles. The van der Waals surface area contributed by atoms with E-state index in [4.69, 9.17) is 11.5 Å². The predicted octanol–water partition coefficient (Wildman–Crippen LogP) is 1.39. The fourth-order valence-electron chi connectivity index (χ4n) is 2.21. The molecule has 1 aliphatic rings. The summed E-state index contributed by atoms with van der Waals surface area (Å²) in [5.74, 6) is 1.30. The zero-order valence-corrected chi connectivity index (χ0v) is 10.8. The Morgan fingerprint density at radius 2 is 2.17 bits per heavy atom. The molecule has 0 aromatic heterocycles. The van der Waals surface area contributed by atoms with Crippen molar-refractivity contribution in [3.63, 3.8) is 0 Å². The highest BCUT2D eigenvalue weighted by molar-refractivity contribution is 5.80. The summed E-state index contributed by atoms with van der Waals surface area (Å²) in [5, 5.41) is 8.80. The molecule has 5 heteroatoms. The van der Waals surface area contributed by atoms with Crippen LogP contribution in [0.2, 0.25) is 0 Å². The minimum Gasteiger partial charge on any atom is -0.480 e. The van der Waals surface area contributed by atoms with E-state index in [1.165, 1.54) is 4.90 Å². The number of likely N-dealkylation sites (tertiary alicyclic amines) is 1. The van der Waals surface area contributed by atoms with Crippen molar-refractivity contribution in [2.45, 2.75) is 38.6 Å². The van der Waals surface area contributed by atoms with Crippen molar-refractivity contribution in [1.29, 1.82) is 0 Å². The van der Waals surface area contributed by atoms with Gasteiger partial charge in [0.25, 0.3) is 0 Å². The predicted molar refractivity (Wildman–Crippen MR) is 68.1 cm³/mol. The van der Waals surface area contributed by atoms with Gasteiger partial charge >= 0.3 is 12.0 Å². The molecule has 0 aromatic rings. The Morgan fingerprint density at radius 1 is 1.44 bits per heavy atom. The average Bonchev–Trinajstić information content (AvgIpc) is 2.52. The summed E-state index contributed by atoms with van der Waals surface area (Å²) in [6.07, 6.45) is 9.33. The van der Waals surface area contributed by atoms with Gasteiger partial charge in [-0.2, -0.15) is 0 Å². The largest absolute Gasteiger partial charge is 0.480 e. The lowest BCUT2D eigenvalue weighted by Gasteiger charge is -2.32. The van der Waals surface area contributed by atoms with Crippen LogP contribution >= 0.6 is 0 Å². The first-order valence-electron chi connectivity index (χ1n) is 6.27. The van der Waals surface area contributed by atoms with Gasteiger partial charge in [0.05, 0.1) is 6.54 Å². The van der Waals surface area contributed by atoms with Crippen molar-refractivity contribution < 1.29 is 14.7 Å². The number of carboxylic acid groups (broad SMARTS) is 1. The van der Waals surface area contributed by atoms with Crippen molar-refractivity contribution >= 4 is 12.0 Å². The highest BCUT2D eigenvalue weighted by atomic mass is 16.4. The summed E-state index contributed by atoms with van der Waals surface area (Å²) in [6.45, 7) is 2.37. The van der Waals surface area contributed by atoms with Gasteiger partial charge in [-0.3, -0.25) is 4.79 Å². The highest BCUT2D eigenvalue weighted by Gasteiger charge is 2.26. The Hall–Kier alpha value is -1.70. The summed E-state index contributed by atoms with van der Waals surface area (Å²) >= 11 is 0. The summed E-state index contributed by atoms with van der Waals surface area (Å²) in [4.78, 5) is 26.0. The van der Waals surface area contributed by atoms with E-state index in [0.717, 1.165) is 25.7 Å². The van der Waals surface area contributed by atoms with Crippen molar-refractivity contribution in [3.05, 3.63) is 0 Å². The minimum absolute atomic E-state index is 0.0361. The number of urea groups is 1. The lowest BCUT2D eigenvalue weighted by Crippen LogP contribution is -2.48. The van der Waals surface area contributed by atoms with Crippen LogP contribution in [0.5, 0.6) is 0 Å². The second kappa shape index (κ2) is 6.90. The van der Waals surface area contributed by atoms with E-state index >= 15 is 0 Å². The summed E-state index contributed by atoms with van der Waals surface area (Å²) in [6, 6.07) is -0.112. The van der Waals surface area contributed by atoms with Crippen LogP contribution in [0.1, 0.15) is 32.6 Å². The molecule has 2 amide bonds. The topological polar surface area (TPSA) is 60.9 Å². The Labute approximate surface area is 108 Å². The molecular formula is C13H20N2O3. The molecule has 18 heavy (non-hydrogen) atoms. The molecule has 1 rings (SSSR count). The molecule has 1 aliphatic heterocycles. The smallest absolute Gasteiger partial charge is 0.323 e. The molecule has 0 radical (unpaired) electrons. The van der Waals surface area contributed by atoms with Gasteiger partial charge in [-0.1, -0.05) is 18.8 Å². The maximum atomic E-state index is 12.3. The van der Waals surface area contributed by atoms with E-state index in [1.807, 2.05) is 6.92 Å². The number of hydrogen-bond donors (Lipinski definition) is 1. The highest BCUT2D eigenvalue weighted by Crippen LogP contribution is 2.17. The lowest BCUT2D eigenvalue weighted by molar-refractivity contribution is -0.137. The van der Waals surface area contributed by atoms with Crippen LogP contribution in [-0.4, -0.2) is 52.6 Å². The molecule has 1 fully saturated rings. The monoisotopic (exact) mass is 252 g/mol. The van der Waals surface area contributed by atoms with Crippen LogP contribution in [0, 0.1) is 12.3 Å². The summed E-state index contributed by atoms with van der Waals surface area (Å²) in [5.41, 5.74) is 0. The fraction of sp³-hybridized carbons (Fsp3) is 0.692. The van der Waals surface area contributed by atoms with Crippen LogP contribution < -0.4 is 0 Å². The number of aliphatic carboxylic acids is 1. The van der Waals surface area contributed by atoms with Gasteiger partial charge in [0.1, 0.15) is 6.54 Å². The Kier molecular flexibility index (Phi) is 5.50. The normalized spacial score (nSPS) is 19.8. The standard InChI is InChI=1S/C13H20N2O3/c1-3-8-14(10-12(16)17)13(18)15-9-6-4-5-7-11(15)2/h1,11H,4-10H2,2H3,(H,16,17). The van der Waals surface area contributed by atoms with Crippen molar-refractivity contribution in [2.75, 3.05) is 19.6 Å². The quantitative estimate of drug-likeness (QED) is 0.772. The molecule has 0 spiro atoms. The zero-order valence-electron chi connectivity index (χ0n) is 10.8. The van der Waals surface area contributed by atoms with Crippen molar-refractivity contribution in [3.8, 4) is 12.3 Å². The number of carbonyl (C=O) groups is 2. The van der Waals surface area contributed by atoms with E-state index in [9.17, 15) is 9.59 Å². The van der Waals surface area contributed by atoms with Crippen LogP contribution in [0.3, 0.4) is 0 Å². The van der Waals surface area contributed by atoms with Crippen LogP contribution in [0.4, 0.5) is 4.79 Å². The van der Waals surface area contributed by atoms with Crippen LogP contribution in [0.25, 0.3) is 0 Å². The third-order valence-corrected chi connectivity index (χ3v) is 3.18. The molecule has 1 N–H and O–H groups in total. The third kappa shape index (κ3) is 3.95. The molecule has 1 heterocycles. The molecular weight excluding hydrogens is 232 g/mol. The number of amides is 2. The first-order chi connectivity index (χ1) is 8.56. The minimum atomic E-state index is -1.04. The Balaban J connectivity index is 2.73. The maximum Gasteiger partial charge on any atom is 0.323 e. The second-order valence-corrected chi connectivity index (χ2v) is 4.63. The number of terminal acetylenes is 1. The molecule has 100 valence electrons. The van der Waals surface area contributed by atoms with E-state index in [2.05, 4.69) is 5.92 Å². The van der Waals surface area contributed by atoms with E-state index in [1.54, 1.807) is 4.90 Å². The summed E-state index contributed by atoms with van der Waals surface area (Å²) < 4.78 is 0. The molecule has 1 atom stereocenters. The second-order valence-electron chi connectivity index (χ2n) is 4.63. The fourth-order valence-corrected chi connectivity index (χ4v) is 2.21. The maximum absolute atomic E-state index is 12.3. The number of hydrogen-bond acceptors (Lipinski definition) is 2. The molecule has 5 nitrogen and oxygen atoms in total. The summed E-state index contributed by atoms with van der Waals surface area (Å²) in [7, 11) is 0. The van der Waals surface area contributed by atoms with E-state index in [-0.39, 0.29) is 25.2 Å². The van der Waals surface area contributed by atoms with Gasteiger partial charge < -0.3 is 14.9 Å². The molecule has 1 saturated heterocycles. The Bertz CT molecular complexity index is 349. The molecule has 0 bridgehead atoms. The number of rotatable bonds is 3. The molecule has 1 unspecified atom stereocenters.